The van der Waals surface area contributed by atoms with E-state index < -0.39 is 30.1 Å². The van der Waals surface area contributed by atoms with Crippen LogP contribution in [0.15, 0.2) is 18.2 Å². The van der Waals surface area contributed by atoms with Gasteiger partial charge in [0.2, 0.25) is 5.91 Å². The van der Waals surface area contributed by atoms with Crippen LogP contribution in [0.5, 0.6) is 0 Å². The van der Waals surface area contributed by atoms with Crippen molar-refractivity contribution in [1.29, 1.82) is 5.26 Å². The SMILES string of the molecule is N#Cc1cc(NC(=O)NC(=O)CCC(=O)O)ccc1F. The maximum absolute atomic E-state index is 13.0. The normalized spacial score (nSPS) is 9.40. The predicted octanol–water partition coefficient (Wildman–Crippen LogP) is 1.21. The lowest BCUT2D eigenvalue weighted by molar-refractivity contribution is -0.138. The van der Waals surface area contributed by atoms with Crippen LogP contribution in [0.25, 0.3) is 0 Å². The Morgan fingerprint density at radius 2 is 2.00 bits per heavy atom. The fourth-order valence-electron chi connectivity index (χ4n) is 1.26. The van der Waals surface area contributed by atoms with Gasteiger partial charge in [-0.15, -0.1) is 0 Å². The Kier molecular flexibility index (Phi) is 5.17. The molecular weight excluding hydrogens is 269 g/mol. The highest BCUT2D eigenvalue weighted by Crippen LogP contribution is 2.13. The Hall–Kier alpha value is -2.95. The number of rotatable bonds is 4. The molecule has 1 aromatic carbocycles. The molecule has 0 heterocycles. The molecule has 1 aromatic rings. The first-order valence-corrected chi connectivity index (χ1v) is 5.44. The molecule has 0 fully saturated rings. The number of urea groups is 1. The molecule has 0 atom stereocenters. The van der Waals surface area contributed by atoms with Gasteiger partial charge in [0.15, 0.2) is 0 Å². The summed E-state index contributed by atoms with van der Waals surface area (Å²) in [6.45, 7) is 0. The number of halogens is 1. The molecule has 0 aromatic heterocycles. The molecule has 0 radical (unpaired) electrons. The number of carbonyl (C=O) groups excluding carboxylic acids is 2. The van der Waals surface area contributed by atoms with Crippen molar-refractivity contribution < 1.29 is 23.9 Å². The van der Waals surface area contributed by atoms with Crippen LogP contribution < -0.4 is 10.6 Å². The molecule has 0 bridgehead atoms. The summed E-state index contributed by atoms with van der Waals surface area (Å²) in [4.78, 5) is 32.8. The Balaban J connectivity index is 2.56. The summed E-state index contributed by atoms with van der Waals surface area (Å²) in [5.41, 5.74) is -0.119. The Morgan fingerprint density at radius 1 is 1.30 bits per heavy atom. The Labute approximate surface area is 113 Å². The van der Waals surface area contributed by atoms with Crippen LogP contribution in [0, 0.1) is 17.1 Å². The maximum atomic E-state index is 13.0. The van der Waals surface area contributed by atoms with Crippen molar-refractivity contribution >= 4 is 23.6 Å². The van der Waals surface area contributed by atoms with Crippen LogP contribution in [-0.2, 0) is 9.59 Å². The van der Waals surface area contributed by atoms with Crippen LogP contribution in [0.3, 0.4) is 0 Å². The van der Waals surface area contributed by atoms with Gasteiger partial charge in [0, 0.05) is 12.1 Å². The molecule has 0 spiro atoms. The van der Waals surface area contributed by atoms with E-state index in [1.165, 1.54) is 6.07 Å². The van der Waals surface area contributed by atoms with Crippen molar-refractivity contribution in [2.75, 3.05) is 5.32 Å². The van der Waals surface area contributed by atoms with Gasteiger partial charge in [-0.05, 0) is 18.2 Å². The summed E-state index contributed by atoms with van der Waals surface area (Å²) in [6, 6.07) is 4.04. The summed E-state index contributed by atoms with van der Waals surface area (Å²) >= 11 is 0. The fraction of sp³-hybridized carbons (Fsp3) is 0.167. The van der Waals surface area contributed by atoms with Gasteiger partial charge < -0.3 is 10.4 Å². The number of benzene rings is 1. The molecular formula is C12H10FN3O4. The minimum Gasteiger partial charge on any atom is -0.481 e. The Bertz CT molecular complexity index is 595. The number of nitrogens with zero attached hydrogens (tertiary/aromatic N) is 1. The molecule has 3 amide bonds. The first-order chi connectivity index (χ1) is 9.42. The highest BCUT2D eigenvalue weighted by Gasteiger charge is 2.10. The summed E-state index contributed by atoms with van der Waals surface area (Å²) in [5.74, 6) is -2.64. The van der Waals surface area contributed by atoms with Crippen molar-refractivity contribution in [2.45, 2.75) is 12.8 Å². The molecule has 7 nitrogen and oxygen atoms in total. The molecule has 0 aliphatic carbocycles. The number of carboxylic acids is 1. The molecule has 0 unspecified atom stereocenters. The van der Waals surface area contributed by atoms with E-state index in [0.717, 1.165) is 12.1 Å². The van der Waals surface area contributed by atoms with E-state index in [-0.39, 0.29) is 17.7 Å². The third-order valence-electron chi connectivity index (χ3n) is 2.16. The van der Waals surface area contributed by atoms with Crippen molar-refractivity contribution in [3.05, 3.63) is 29.6 Å². The van der Waals surface area contributed by atoms with Gasteiger partial charge >= 0.3 is 12.0 Å². The number of hydrogen-bond donors (Lipinski definition) is 3. The van der Waals surface area contributed by atoms with Gasteiger partial charge in [-0.2, -0.15) is 5.26 Å². The zero-order chi connectivity index (χ0) is 15.1. The van der Waals surface area contributed by atoms with E-state index in [1.807, 2.05) is 5.32 Å². The lowest BCUT2D eigenvalue weighted by Gasteiger charge is -2.06. The number of carbonyl (C=O) groups is 3. The van der Waals surface area contributed by atoms with Crippen molar-refractivity contribution in [3.63, 3.8) is 0 Å². The van der Waals surface area contributed by atoms with E-state index in [0.29, 0.717) is 0 Å². The lowest BCUT2D eigenvalue weighted by Crippen LogP contribution is -2.34. The van der Waals surface area contributed by atoms with Crippen LogP contribution in [0.1, 0.15) is 18.4 Å². The standard InChI is InChI=1S/C12H10FN3O4/c13-9-2-1-8(5-7(9)6-14)15-12(20)16-10(17)3-4-11(18)19/h1-2,5H,3-4H2,(H,18,19)(H2,15,16,17,20). The van der Waals surface area contributed by atoms with E-state index >= 15 is 0 Å². The molecule has 0 aliphatic rings. The molecule has 0 aliphatic heterocycles. The maximum Gasteiger partial charge on any atom is 0.325 e. The number of anilines is 1. The molecule has 20 heavy (non-hydrogen) atoms. The van der Waals surface area contributed by atoms with E-state index in [4.69, 9.17) is 10.4 Å². The summed E-state index contributed by atoms with van der Waals surface area (Å²) in [7, 11) is 0. The zero-order valence-electron chi connectivity index (χ0n) is 10.1. The first kappa shape index (κ1) is 15.1. The van der Waals surface area contributed by atoms with Gasteiger partial charge in [-0.3, -0.25) is 14.9 Å². The number of aliphatic carboxylic acids is 1. The van der Waals surface area contributed by atoms with E-state index in [9.17, 15) is 18.8 Å². The average molecular weight is 279 g/mol. The van der Waals surface area contributed by atoms with E-state index in [1.54, 1.807) is 6.07 Å². The van der Waals surface area contributed by atoms with Crippen LogP contribution in [-0.4, -0.2) is 23.0 Å². The topological polar surface area (TPSA) is 119 Å². The fourth-order valence-corrected chi connectivity index (χ4v) is 1.26. The monoisotopic (exact) mass is 279 g/mol. The Morgan fingerprint density at radius 3 is 2.60 bits per heavy atom. The number of amides is 3. The van der Waals surface area contributed by atoms with Gasteiger partial charge in [0.1, 0.15) is 11.9 Å². The van der Waals surface area contributed by atoms with Crippen molar-refractivity contribution in [2.24, 2.45) is 0 Å². The third-order valence-corrected chi connectivity index (χ3v) is 2.16. The average Bonchev–Trinajstić information content (AvgIpc) is 2.38. The van der Waals surface area contributed by atoms with Crippen molar-refractivity contribution in [3.8, 4) is 6.07 Å². The molecule has 104 valence electrons. The number of nitriles is 1. The van der Waals surface area contributed by atoms with Crippen LogP contribution in [0.2, 0.25) is 0 Å². The third kappa shape index (κ3) is 4.73. The van der Waals surface area contributed by atoms with E-state index in [2.05, 4.69) is 5.32 Å². The summed E-state index contributed by atoms with van der Waals surface area (Å²) < 4.78 is 13.0. The molecule has 1 rings (SSSR count). The van der Waals surface area contributed by atoms with Gasteiger partial charge in [0.25, 0.3) is 0 Å². The smallest absolute Gasteiger partial charge is 0.325 e. The second-order valence-electron chi connectivity index (χ2n) is 3.70. The van der Waals surface area contributed by atoms with Gasteiger partial charge in [-0.1, -0.05) is 0 Å². The lowest BCUT2D eigenvalue weighted by atomic mass is 10.2. The van der Waals surface area contributed by atoms with Gasteiger partial charge in [-0.25, -0.2) is 9.18 Å². The summed E-state index contributed by atoms with van der Waals surface area (Å²) in [5, 5.41) is 21.1. The molecule has 3 N–H and O–H groups in total. The highest BCUT2D eigenvalue weighted by atomic mass is 19.1. The minimum atomic E-state index is -1.15. The quantitative estimate of drug-likeness (QED) is 0.765. The largest absolute Gasteiger partial charge is 0.481 e. The van der Waals surface area contributed by atoms with Crippen LogP contribution in [0.4, 0.5) is 14.9 Å². The highest BCUT2D eigenvalue weighted by molar-refractivity contribution is 6.01. The molecule has 0 saturated carbocycles. The second kappa shape index (κ2) is 6.84. The second-order valence-corrected chi connectivity index (χ2v) is 3.70. The molecule has 8 heteroatoms. The zero-order valence-corrected chi connectivity index (χ0v) is 10.1. The number of nitrogens with one attached hydrogen (secondary N) is 2. The predicted molar refractivity (Wildman–Crippen MR) is 65.1 cm³/mol. The molecule has 0 saturated heterocycles. The van der Waals surface area contributed by atoms with Crippen molar-refractivity contribution in [1.82, 2.24) is 5.32 Å². The number of carboxylic acid groups (broad SMARTS) is 1. The number of hydrogen-bond acceptors (Lipinski definition) is 4. The minimum absolute atomic E-state index is 0.131. The summed E-state index contributed by atoms with van der Waals surface area (Å²) in [6.07, 6.45) is -0.732. The van der Waals surface area contributed by atoms with Gasteiger partial charge in [0.05, 0.1) is 12.0 Å². The first-order valence-electron chi connectivity index (χ1n) is 5.44. The van der Waals surface area contributed by atoms with Crippen LogP contribution >= 0.6 is 0 Å². The number of imide groups is 1.